The van der Waals surface area contributed by atoms with Gasteiger partial charge in [-0.05, 0) is 35.1 Å². The Bertz CT molecular complexity index is 494. The highest BCUT2D eigenvalue weighted by molar-refractivity contribution is 7.80. The second kappa shape index (κ2) is 4.28. The predicted molar refractivity (Wildman–Crippen MR) is 69.2 cm³/mol. The molecular weight excluding hydrogens is 204 g/mol. The van der Waals surface area contributed by atoms with Crippen molar-refractivity contribution in [1.29, 1.82) is 0 Å². The van der Waals surface area contributed by atoms with Gasteiger partial charge in [-0.2, -0.15) is 0 Å². The average molecular weight is 216 g/mol. The van der Waals surface area contributed by atoms with Crippen LogP contribution < -0.4 is 10.6 Å². The fourth-order valence-electron chi connectivity index (χ4n) is 1.46. The molecule has 2 aromatic rings. The number of rotatable bonds is 1. The Balaban J connectivity index is 2.34. The van der Waals surface area contributed by atoms with Gasteiger partial charge in [0.25, 0.3) is 0 Å². The van der Waals surface area contributed by atoms with Crippen molar-refractivity contribution in [3.8, 4) is 0 Å². The van der Waals surface area contributed by atoms with E-state index in [0.717, 1.165) is 5.69 Å². The maximum Gasteiger partial charge on any atom is 0.170 e. The van der Waals surface area contributed by atoms with Crippen LogP contribution in [0.2, 0.25) is 0 Å². The number of hydrogen-bond donors (Lipinski definition) is 2. The van der Waals surface area contributed by atoms with Crippen LogP contribution in [0.3, 0.4) is 0 Å². The van der Waals surface area contributed by atoms with Crippen molar-refractivity contribution in [3.63, 3.8) is 0 Å². The summed E-state index contributed by atoms with van der Waals surface area (Å²) < 4.78 is 0. The minimum absolute atomic E-state index is 0.630. The van der Waals surface area contributed by atoms with Gasteiger partial charge in [0.2, 0.25) is 0 Å². The van der Waals surface area contributed by atoms with Crippen molar-refractivity contribution < 1.29 is 0 Å². The summed E-state index contributed by atoms with van der Waals surface area (Å²) in [6.07, 6.45) is 0. The maximum absolute atomic E-state index is 5.04. The van der Waals surface area contributed by atoms with E-state index >= 15 is 0 Å². The first-order valence-electron chi connectivity index (χ1n) is 4.77. The van der Waals surface area contributed by atoms with Crippen LogP contribution in [-0.4, -0.2) is 12.2 Å². The minimum atomic E-state index is 0.630. The van der Waals surface area contributed by atoms with Crippen molar-refractivity contribution in [2.75, 3.05) is 12.4 Å². The minimum Gasteiger partial charge on any atom is -0.366 e. The summed E-state index contributed by atoms with van der Waals surface area (Å²) in [6, 6.07) is 14.4. The predicted octanol–water partition coefficient (Wildman–Crippen LogP) is 2.76. The molecule has 2 N–H and O–H groups in total. The van der Waals surface area contributed by atoms with E-state index in [0.29, 0.717) is 5.11 Å². The van der Waals surface area contributed by atoms with E-state index in [-0.39, 0.29) is 0 Å². The highest BCUT2D eigenvalue weighted by atomic mass is 32.1. The summed E-state index contributed by atoms with van der Waals surface area (Å²) in [5.41, 5.74) is 1.01. The Morgan fingerprint density at radius 2 is 1.80 bits per heavy atom. The molecule has 0 aliphatic heterocycles. The summed E-state index contributed by atoms with van der Waals surface area (Å²) in [6.45, 7) is 0. The van der Waals surface area contributed by atoms with Crippen LogP contribution in [0.25, 0.3) is 10.8 Å². The van der Waals surface area contributed by atoms with E-state index in [1.54, 1.807) is 7.05 Å². The molecule has 0 bridgehead atoms. The molecule has 0 atom stereocenters. The monoisotopic (exact) mass is 216 g/mol. The highest BCUT2D eigenvalue weighted by Gasteiger charge is 1.96. The van der Waals surface area contributed by atoms with Gasteiger partial charge >= 0.3 is 0 Å². The van der Waals surface area contributed by atoms with Gasteiger partial charge in [0, 0.05) is 12.7 Å². The van der Waals surface area contributed by atoms with Gasteiger partial charge in [-0.25, -0.2) is 0 Å². The molecule has 0 fully saturated rings. The molecule has 0 aromatic heterocycles. The van der Waals surface area contributed by atoms with Gasteiger partial charge in [-0.15, -0.1) is 0 Å². The standard InChI is InChI=1S/C12H12N2S/c1-13-12(15)14-11-7-6-9-4-2-3-5-10(9)8-11/h2-8H,1H3,(H2,13,14,15). The van der Waals surface area contributed by atoms with E-state index in [4.69, 9.17) is 12.2 Å². The zero-order valence-corrected chi connectivity index (χ0v) is 9.27. The highest BCUT2D eigenvalue weighted by Crippen LogP contribution is 2.18. The molecule has 2 rings (SSSR count). The second-order valence-corrected chi connectivity index (χ2v) is 3.67. The van der Waals surface area contributed by atoms with Gasteiger partial charge in [-0.3, -0.25) is 0 Å². The Morgan fingerprint density at radius 1 is 1.07 bits per heavy atom. The summed E-state index contributed by atoms with van der Waals surface area (Å²) in [5.74, 6) is 0. The smallest absolute Gasteiger partial charge is 0.170 e. The number of anilines is 1. The zero-order valence-electron chi connectivity index (χ0n) is 8.45. The van der Waals surface area contributed by atoms with Crippen molar-refractivity contribution in [1.82, 2.24) is 5.32 Å². The lowest BCUT2D eigenvalue weighted by molar-refractivity contribution is 1.20. The summed E-state index contributed by atoms with van der Waals surface area (Å²) in [5, 5.41) is 9.06. The fourth-order valence-corrected chi connectivity index (χ4v) is 1.58. The number of nitrogens with one attached hydrogen (secondary N) is 2. The Kier molecular flexibility index (Phi) is 2.83. The van der Waals surface area contributed by atoms with Crippen LogP contribution in [0.15, 0.2) is 42.5 Å². The largest absolute Gasteiger partial charge is 0.366 e. The van der Waals surface area contributed by atoms with Gasteiger partial charge in [0.05, 0.1) is 0 Å². The van der Waals surface area contributed by atoms with Crippen LogP contribution in [0.1, 0.15) is 0 Å². The lowest BCUT2D eigenvalue weighted by Crippen LogP contribution is -2.23. The Labute approximate surface area is 94.3 Å². The SMILES string of the molecule is CNC(=S)Nc1ccc2ccccc2c1. The van der Waals surface area contributed by atoms with Gasteiger partial charge in [0.1, 0.15) is 0 Å². The number of benzene rings is 2. The van der Waals surface area contributed by atoms with E-state index in [2.05, 4.69) is 34.9 Å². The Hall–Kier alpha value is -1.61. The molecule has 15 heavy (non-hydrogen) atoms. The molecule has 0 unspecified atom stereocenters. The normalized spacial score (nSPS) is 9.93. The fraction of sp³-hybridized carbons (Fsp3) is 0.0833. The lowest BCUT2D eigenvalue weighted by Gasteiger charge is -2.07. The molecule has 0 radical (unpaired) electrons. The van der Waals surface area contributed by atoms with Crippen molar-refractivity contribution >= 4 is 33.8 Å². The molecule has 0 heterocycles. The molecular formula is C12H12N2S. The Morgan fingerprint density at radius 3 is 2.53 bits per heavy atom. The number of thiocarbonyl (C=S) groups is 1. The molecule has 0 saturated carbocycles. The van der Waals surface area contributed by atoms with Crippen LogP contribution in [0, 0.1) is 0 Å². The molecule has 3 heteroatoms. The molecule has 0 saturated heterocycles. The first-order chi connectivity index (χ1) is 7.29. The van der Waals surface area contributed by atoms with Gasteiger partial charge in [-0.1, -0.05) is 30.3 Å². The summed E-state index contributed by atoms with van der Waals surface area (Å²) in [7, 11) is 1.80. The number of hydrogen-bond acceptors (Lipinski definition) is 1. The first kappa shape index (κ1) is 9.93. The molecule has 0 spiro atoms. The van der Waals surface area contributed by atoms with Gasteiger partial charge < -0.3 is 10.6 Å². The lowest BCUT2D eigenvalue weighted by atomic mass is 10.1. The molecule has 0 aliphatic rings. The van der Waals surface area contributed by atoms with Gasteiger partial charge in [0.15, 0.2) is 5.11 Å². The zero-order chi connectivity index (χ0) is 10.7. The molecule has 76 valence electrons. The van der Waals surface area contributed by atoms with Crippen molar-refractivity contribution in [2.24, 2.45) is 0 Å². The van der Waals surface area contributed by atoms with Crippen molar-refractivity contribution in [2.45, 2.75) is 0 Å². The number of fused-ring (bicyclic) bond motifs is 1. The van der Waals surface area contributed by atoms with E-state index < -0.39 is 0 Å². The third kappa shape index (κ3) is 2.25. The third-order valence-electron chi connectivity index (χ3n) is 2.23. The second-order valence-electron chi connectivity index (χ2n) is 3.27. The van der Waals surface area contributed by atoms with Crippen LogP contribution in [0.4, 0.5) is 5.69 Å². The average Bonchev–Trinajstić information content (AvgIpc) is 2.29. The summed E-state index contributed by atoms with van der Waals surface area (Å²) in [4.78, 5) is 0. The van der Waals surface area contributed by atoms with Crippen molar-refractivity contribution in [3.05, 3.63) is 42.5 Å². The molecule has 2 nitrogen and oxygen atoms in total. The first-order valence-corrected chi connectivity index (χ1v) is 5.18. The van der Waals surface area contributed by atoms with Crippen LogP contribution >= 0.6 is 12.2 Å². The van der Waals surface area contributed by atoms with E-state index in [1.807, 2.05) is 18.2 Å². The third-order valence-corrected chi connectivity index (χ3v) is 2.54. The van der Waals surface area contributed by atoms with Crippen LogP contribution in [0.5, 0.6) is 0 Å². The summed E-state index contributed by atoms with van der Waals surface area (Å²) >= 11 is 5.04. The quantitative estimate of drug-likeness (QED) is 0.717. The van der Waals surface area contributed by atoms with E-state index in [1.165, 1.54) is 10.8 Å². The molecule has 0 amide bonds. The molecule has 2 aromatic carbocycles. The van der Waals surface area contributed by atoms with Crippen LogP contribution in [-0.2, 0) is 0 Å². The molecule has 0 aliphatic carbocycles. The van der Waals surface area contributed by atoms with E-state index in [9.17, 15) is 0 Å². The topological polar surface area (TPSA) is 24.1 Å². The maximum atomic E-state index is 5.04.